The fourth-order valence-corrected chi connectivity index (χ4v) is 5.84. The van der Waals surface area contributed by atoms with Crippen LogP contribution in [-0.4, -0.2) is 91.9 Å². The maximum absolute atomic E-state index is 13.7. The Bertz CT molecular complexity index is 1410. The number of rotatable bonds is 6. The smallest absolute Gasteiger partial charge is 0.202 e. The maximum Gasteiger partial charge on any atom is 0.202 e. The maximum atomic E-state index is 13.7. The number of halogens is 1. The summed E-state index contributed by atoms with van der Waals surface area (Å²) >= 11 is 0. The molecule has 0 radical (unpaired) electrons. The second-order valence-corrected chi connectivity index (χ2v) is 10.2. The van der Waals surface area contributed by atoms with Crippen molar-refractivity contribution in [1.29, 1.82) is 0 Å². The SMILES string of the molecule is COc1cccc2c1C(=O)c1c(O)c3c(c(O)c1C2=O)C[C@@](O)(C(=O)CO)C[C@@H]3OC1CC(NO)C(O)C(C)O1.Cl. The lowest BCUT2D eigenvalue weighted by Crippen LogP contribution is -2.54. The van der Waals surface area contributed by atoms with Gasteiger partial charge in [0.2, 0.25) is 5.78 Å². The zero-order valence-electron chi connectivity index (χ0n) is 22.0. The third kappa shape index (κ3) is 4.77. The summed E-state index contributed by atoms with van der Waals surface area (Å²) in [5, 5.41) is 63.3. The number of hydrogen-bond acceptors (Lipinski definition) is 13. The van der Waals surface area contributed by atoms with Crippen LogP contribution in [-0.2, 0) is 20.7 Å². The summed E-state index contributed by atoms with van der Waals surface area (Å²) in [7, 11) is 1.31. The average Bonchev–Trinajstić information content (AvgIpc) is 2.94. The Hall–Kier alpha value is -3.14. The highest BCUT2D eigenvalue weighted by Gasteiger charge is 2.50. The molecule has 3 aliphatic rings. The largest absolute Gasteiger partial charge is 0.507 e. The number of methoxy groups -OCH3 is 1. The van der Waals surface area contributed by atoms with E-state index in [1.165, 1.54) is 32.2 Å². The van der Waals surface area contributed by atoms with Crippen molar-refractivity contribution < 1.29 is 59.3 Å². The van der Waals surface area contributed by atoms with Crippen LogP contribution >= 0.6 is 12.4 Å². The van der Waals surface area contributed by atoms with E-state index in [0.29, 0.717) is 0 Å². The van der Waals surface area contributed by atoms with Gasteiger partial charge in [-0.05, 0) is 13.0 Å². The Morgan fingerprint density at radius 3 is 2.46 bits per heavy atom. The minimum Gasteiger partial charge on any atom is -0.507 e. The van der Waals surface area contributed by atoms with Crippen LogP contribution in [0.3, 0.4) is 0 Å². The van der Waals surface area contributed by atoms with Crippen molar-refractivity contribution in [3.05, 3.63) is 51.6 Å². The van der Waals surface area contributed by atoms with Crippen molar-refractivity contribution in [3.8, 4) is 17.2 Å². The number of carbonyl (C=O) groups is 3. The van der Waals surface area contributed by atoms with Crippen molar-refractivity contribution in [2.45, 2.75) is 62.4 Å². The number of nitrogens with one attached hydrogen (secondary N) is 1. The summed E-state index contributed by atoms with van der Waals surface area (Å²) in [6.45, 7) is 0.486. The van der Waals surface area contributed by atoms with Crippen molar-refractivity contribution in [3.63, 3.8) is 0 Å². The Labute approximate surface area is 239 Å². The Balaban J connectivity index is 0.00000387. The number of aliphatic hydroxyl groups is 3. The number of phenols is 2. The number of aliphatic hydroxyl groups excluding tert-OH is 2. The van der Waals surface area contributed by atoms with Gasteiger partial charge in [-0.15, -0.1) is 12.4 Å². The summed E-state index contributed by atoms with van der Waals surface area (Å²) in [4.78, 5) is 39.8. The zero-order chi connectivity index (χ0) is 29.1. The van der Waals surface area contributed by atoms with Gasteiger partial charge in [-0.3, -0.25) is 14.4 Å². The number of ether oxygens (including phenoxy) is 3. The molecule has 2 aromatic rings. The first-order chi connectivity index (χ1) is 19.0. The predicted octanol–water partition coefficient (Wildman–Crippen LogP) is 0.443. The van der Waals surface area contributed by atoms with Crippen LogP contribution in [0.5, 0.6) is 17.2 Å². The average molecular weight is 596 g/mol. The van der Waals surface area contributed by atoms with Crippen molar-refractivity contribution in [1.82, 2.24) is 5.48 Å². The molecule has 222 valence electrons. The molecule has 0 saturated carbocycles. The van der Waals surface area contributed by atoms with E-state index in [1.807, 2.05) is 5.48 Å². The summed E-state index contributed by atoms with van der Waals surface area (Å²) in [5.74, 6) is -3.91. The van der Waals surface area contributed by atoms with Crippen LogP contribution in [0.2, 0.25) is 0 Å². The lowest BCUT2D eigenvalue weighted by Gasteiger charge is -2.42. The first kappa shape index (κ1) is 30.8. The molecule has 1 aliphatic heterocycles. The topological polar surface area (TPSA) is 212 Å². The first-order valence-electron chi connectivity index (χ1n) is 12.6. The van der Waals surface area contributed by atoms with Crippen LogP contribution in [0.25, 0.3) is 0 Å². The fourth-order valence-electron chi connectivity index (χ4n) is 5.84. The molecule has 7 N–H and O–H groups in total. The lowest BCUT2D eigenvalue weighted by atomic mass is 9.72. The molecular weight excluding hydrogens is 566 g/mol. The normalized spacial score (nSPS) is 28.7. The molecule has 0 aromatic heterocycles. The Morgan fingerprint density at radius 2 is 1.83 bits per heavy atom. The molecule has 5 rings (SSSR count). The number of ketones is 3. The molecular formula is C27H30ClNO12. The van der Waals surface area contributed by atoms with Gasteiger partial charge in [0.1, 0.15) is 29.5 Å². The summed E-state index contributed by atoms with van der Waals surface area (Å²) in [6, 6.07) is 3.46. The number of aromatic hydroxyl groups is 2. The van der Waals surface area contributed by atoms with Crippen molar-refractivity contribution in [2.75, 3.05) is 13.7 Å². The van der Waals surface area contributed by atoms with E-state index in [4.69, 9.17) is 14.2 Å². The number of hydroxylamine groups is 1. The van der Waals surface area contributed by atoms with Crippen LogP contribution in [0.15, 0.2) is 18.2 Å². The van der Waals surface area contributed by atoms with E-state index in [1.54, 1.807) is 0 Å². The highest BCUT2D eigenvalue weighted by atomic mass is 35.5. The van der Waals surface area contributed by atoms with E-state index in [0.717, 1.165) is 0 Å². The molecule has 2 aliphatic carbocycles. The molecule has 4 unspecified atom stereocenters. The van der Waals surface area contributed by atoms with Gasteiger partial charge in [-0.2, -0.15) is 5.48 Å². The van der Waals surface area contributed by atoms with E-state index < -0.39 is 95.7 Å². The number of phenolic OH excluding ortho intramolecular Hbond substituents is 2. The van der Waals surface area contributed by atoms with Crippen LogP contribution < -0.4 is 10.2 Å². The fraction of sp³-hybridized carbons (Fsp3) is 0.444. The van der Waals surface area contributed by atoms with E-state index in [-0.39, 0.29) is 46.8 Å². The lowest BCUT2D eigenvalue weighted by molar-refractivity contribution is -0.255. The Kier molecular flexibility index (Phi) is 8.47. The molecule has 0 bridgehead atoms. The van der Waals surface area contributed by atoms with Gasteiger partial charge in [0.25, 0.3) is 0 Å². The van der Waals surface area contributed by atoms with Crippen molar-refractivity contribution in [2.24, 2.45) is 0 Å². The highest BCUT2D eigenvalue weighted by Crippen LogP contribution is 2.52. The van der Waals surface area contributed by atoms with Gasteiger partial charge in [0, 0.05) is 36.0 Å². The van der Waals surface area contributed by atoms with E-state index in [2.05, 4.69) is 0 Å². The standard InChI is InChI=1S/C27H29NO12.ClH/c1-10-22(31)13(28-37)6-17(39-10)40-15-8-27(36,16(30)9-29)7-12-19(15)26(35)21-20(24(12)33)23(32)11-4-3-5-14(38-2)18(11)25(21)34;/h3-5,10,13,15,17,22,28-29,31,33,35-37H,6-9H2,1-2H3;1H/t10?,13?,15-,17?,22?,27-;/m0./s1. The van der Waals surface area contributed by atoms with Gasteiger partial charge in [0.15, 0.2) is 17.9 Å². The number of benzene rings is 2. The zero-order valence-corrected chi connectivity index (χ0v) is 22.8. The summed E-state index contributed by atoms with van der Waals surface area (Å²) in [6.07, 6.45) is -5.67. The van der Waals surface area contributed by atoms with Gasteiger partial charge >= 0.3 is 0 Å². The van der Waals surface area contributed by atoms with Crippen LogP contribution in [0, 0.1) is 0 Å². The Morgan fingerprint density at radius 1 is 1.15 bits per heavy atom. The number of carbonyl (C=O) groups excluding carboxylic acids is 3. The van der Waals surface area contributed by atoms with Gasteiger partial charge in [0.05, 0.1) is 48.2 Å². The van der Waals surface area contributed by atoms with E-state index >= 15 is 0 Å². The quantitative estimate of drug-likeness (QED) is 0.152. The molecule has 6 atom stereocenters. The van der Waals surface area contributed by atoms with Crippen molar-refractivity contribution >= 4 is 29.8 Å². The summed E-state index contributed by atoms with van der Waals surface area (Å²) in [5.41, 5.74) is -1.83. The molecule has 0 amide bonds. The van der Waals surface area contributed by atoms with Crippen LogP contribution in [0.1, 0.15) is 68.8 Å². The minimum atomic E-state index is -2.28. The monoisotopic (exact) mass is 595 g/mol. The molecule has 14 heteroatoms. The second-order valence-electron chi connectivity index (χ2n) is 10.2. The van der Waals surface area contributed by atoms with Gasteiger partial charge < -0.3 is 45.0 Å². The molecule has 1 fully saturated rings. The predicted molar refractivity (Wildman–Crippen MR) is 140 cm³/mol. The molecule has 1 heterocycles. The molecule has 1 saturated heterocycles. The third-order valence-electron chi connectivity index (χ3n) is 7.93. The second kappa shape index (κ2) is 11.3. The number of Topliss-reactive ketones (excluding diaryl/α,β-unsaturated/α-hetero) is 1. The summed E-state index contributed by atoms with van der Waals surface area (Å²) < 4.78 is 17.0. The molecule has 0 spiro atoms. The molecule has 13 nitrogen and oxygen atoms in total. The third-order valence-corrected chi connectivity index (χ3v) is 7.93. The number of fused-ring (bicyclic) bond motifs is 3. The van der Waals surface area contributed by atoms with Gasteiger partial charge in [-0.25, -0.2) is 0 Å². The van der Waals surface area contributed by atoms with E-state index in [9.17, 15) is 45.1 Å². The van der Waals surface area contributed by atoms with Gasteiger partial charge in [-0.1, -0.05) is 12.1 Å². The van der Waals surface area contributed by atoms with Crippen LogP contribution in [0.4, 0.5) is 0 Å². The number of hydrogen-bond donors (Lipinski definition) is 7. The molecule has 41 heavy (non-hydrogen) atoms. The molecule has 2 aromatic carbocycles. The first-order valence-corrected chi connectivity index (χ1v) is 12.6. The highest BCUT2D eigenvalue weighted by molar-refractivity contribution is 6.31. The minimum absolute atomic E-state index is 0.